The molecule has 3 heterocycles. The van der Waals surface area contributed by atoms with Crippen molar-refractivity contribution in [1.82, 2.24) is 25.1 Å². The molecule has 0 bridgehead atoms. The second kappa shape index (κ2) is 7.98. The Kier molecular flexibility index (Phi) is 5.24. The fraction of sp³-hybridized carbons (Fsp3) is 0.381. The van der Waals surface area contributed by atoms with E-state index >= 15 is 0 Å². The van der Waals surface area contributed by atoms with E-state index in [0.29, 0.717) is 37.1 Å². The molecular formula is C21H24N6O2. The minimum absolute atomic E-state index is 0.0717. The first kappa shape index (κ1) is 19.0. The molecule has 1 atom stereocenters. The largest absolute Gasteiger partial charge is 0.335 e. The molecule has 2 amide bonds. The van der Waals surface area contributed by atoms with Gasteiger partial charge in [-0.05, 0) is 37.8 Å². The third-order valence-corrected chi connectivity index (χ3v) is 5.41. The van der Waals surface area contributed by atoms with Gasteiger partial charge in [0.25, 0.3) is 0 Å². The van der Waals surface area contributed by atoms with E-state index in [0.717, 1.165) is 16.8 Å². The van der Waals surface area contributed by atoms with Gasteiger partial charge in [-0.3, -0.25) is 14.7 Å². The van der Waals surface area contributed by atoms with Crippen LogP contribution < -0.4 is 5.32 Å². The number of nitrogens with one attached hydrogen (secondary N) is 2. The number of anilines is 1. The van der Waals surface area contributed by atoms with Crippen LogP contribution in [0.25, 0.3) is 5.57 Å². The molecule has 1 unspecified atom stereocenters. The molecule has 2 aromatic heterocycles. The highest BCUT2D eigenvalue weighted by molar-refractivity contribution is 5.94. The molecule has 1 fully saturated rings. The SMILES string of the molecule is C=CC(=O)N1CC=C(c2ncc(C(C)C(=O)Nc3cc(C4CC4)[nH]n3)cn2)CC1. The normalized spacial score (nSPS) is 17.4. The highest BCUT2D eigenvalue weighted by atomic mass is 16.2. The van der Waals surface area contributed by atoms with Crippen LogP contribution in [0.15, 0.2) is 37.2 Å². The lowest BCUT2D eigenvalue weighted by Gasteiger charge is -2.24. The van der Waals surface area contributed by atoms with Crippen molar-refractivity contribution in [2.24, 2.45) is 0 Å². The number of H-pyrrole nitrogens is 1. The van der Waals surface area contributed by atoms with Gasteiger partial charge in [0.15, 0.2) is 11.6 Å². The predicted octanol–water partition coefficient (Wildman–Crippen LogP) is 2.62. The highest BCUT2D eigenvalue weighted by Gasteiger charge is 2.26. The molecule has 8 heteroatoms. The minimum atomic E-state index is -0.397. The Bertz CT molecular complexity index is 958. The van der Waals surface area contributed by atoms with E-state index in [9.17, 15) is 9.59 Å². The maximum Gasteiger partial charge on any atom is 0.246 e. The second-order valence-corrected chi connectivity index (χ2v) is 7.50. The molecule has 8 nitrogen and oxygen atoms in total. The summed E-state index contributed by atoms with van der Waals surface area (Å²) in [5.41, 5.74) is 2.82. The monoisotopic (exact) mass is 392 g/mol. The molecule has 2 aliphatic rings. The molecule has 0 spiro atoms. The van der Waals surface area contributed by atoms with Gasteiger partial charge in [0, 0.05) is 48.7 Å². The fourth-order valence-corrected chi connectivity index (χ4v) is 3.32. The van der Waals surface area contributed by atoms with E-state index in [1.807, 2.05) is 19.1 Å². The molecule has 1 aliphatic heterocycles. The number of carbonyl (C=O) groups is 2. The van der Waals surface area contributed by atoms with Crippen molar-refractivity contribution < 1.29 is 9.59 Å². The van der Waals surface area contributed by atoms with E-state index in [-0.39, 0.29) is 11.8 Å². The lowest BCUT2D eigenvalue weighted by molar-refractivity contribution is -0.125. The zero-order valence-electron chi connectivity index (χ0n) is 16.4. The number of hydrogen-bond acceptors (Lipinski definition) is 5. The molecule has 2 N–H and O–H groups in total. The van der Waals surface area contributed by atoms with Gasteiger partial charge in [-0.1, -0.05) is 12.7 Å². The second-order valence-electron chi connectivity index (χ2n) is 7.50. The first-order chi connectivity index (χ1) is 14.0. The maximum atomic E-state index is 12.5. The summed E-state index contributed by atoms with van der Waals surface area (Å²) in [5.74, 6) is 1.12. The van der Waals surface area contributed by atoms with Crippen molar-refractivity contribution in [2.75, 3.05) is 18.4 Å². The van der Waals surface area contributed by atoms with Crippen LogP contribution in [0.3, 0.4) is 0 Å². The minimum Gasteiger partial charge on any atom is -0.335 e. The van der Waals surface area contributed by atoms with Crippen molar-refractivity contribution >= 4 is 23.2 Å². The van der Waals surface area contributed by atoms with Crippen LogP contribution in [-0.4, -0.2) is 50.0 Å². The summed E-state index contributed by atoms with van der Waals surface area (Å²) < 4.78 is 0. The Morgan fingerprint density at radius 3 is 2.72 bits per heavy atom. The summed E-state index contributed by atoms with van der Waals surface area (Å²) in [6, 6.07) is 1.90. The number of aromatic nitrogens is 4. The average molecular weight is 392 g/mol. The first-order valence-corrected chi connectivity index (χ1v) is 9.84. The van der Waals surface area contributed by atoms with Crippen LogP contribution in [0.5, 0.6) is 0 Å². The smallest absolute Gasteiger partial charge is 0.246 e. The number of aromatic amines is 1. The van der Waals surface area contributed by atoms with E-state index < -0.39 is 5.92 Å². The first-order valence-electron chi connectivity index (χ1n) is 9.84. The van der Waals surface area contributed by atoms with Crippen molar-refractivity contribution in [3.8, 4) is 0 Å². The predicted molar refractivity (Wildman–Crippen MR) is 109 cm³/mol. The van der Waals surface area contributed by atoms with Crippen LogP contribution in [0, 0.1) is 0 Å². The van der Waals surface area contributed by atoms with Gasteiger partial charge in [-0.2, -0.15) is 5.10 Å². The quantitative estimate of drug-likeness (QED) is 0.736. The zero-order valence-corrected chi connectivity index (χ0v) is 16.4. The number of nitrogens with zero attached hydrogens (tertiary/aromatic N) is 4. The van der Waals surface area contributed by atoms with E-state index in [4.69, 9.17) is 0 Å². The van der Waals surface area contributed by atoms with Gasteiger partial charge in [-0.15, -0.1) is 0 Å². The van der Waals surface area contributed by atoms with E-state index in [1.54, 1.807) is 17.3 Å². The Labute approximate surface area is 169 Å². The van der Waals surface area contributed by atoms with Gasteiger partial charge in [0.1, 0.15) is 0 Å². The van der Waals surface area contributed by atoms with Crippen molar-refractivity contribution in [2.45, 2.75) is 38.0 Å². The van der Waals surface area contributed by atoms with Crippen LogP contribution in [0.1, 0.15) is 55.1 Å². The van der Waals surface area contributed by atoms with Gasteiger partial charge < -0.3 is 10.2 Å². The number of amides is 2. The van der Waals surface area contributed by atoms with Gasteiger partial charge in [0.05, 0.1) is 5.92 Å². The van der Waals surface area contributed by atoms with E-state index in [1.165, 1.54) is 18.9 Å². The molecule has 1 aliphatic carbocycles. The lowest BCUT2D eigenvalue weighted by Crippen LogP contribution is -2.33. The highest BCUT2D eigenvalue weighted by Crippen LogP contribution is 2.39. The summed E-state index contributed by atoms with van der Waals surface area (Å²) in [4.78, 5) is 34.8. The van der Waals surface area contributed by atoms with Crippen LogP contribution in [-0.2, 0) is 9.59 Å². The molecule has 2 aromatic rings. The molecule has 1 saturated carbocycles. The van der Waals surface area contributed by atoms with Crippen molar-refractivity contribution in [3.63, 3.8) is 0 Å². The van der Waals surface area contributed by atoms with Gasteiger partial charge in [0.2, 0.25) is 11.8 Å². The fourth-order valence-electron chi connectivity index (χ4n) is 3.32. The Morgan fingerprint density at radius 2 is 2.10 bits per heavy atom. The third-order valence-electron chi connectivity index (χ3n) is 5.41. The standard InChI is InChI=1S/C21H24N6O2/c1-3-19(28)27-8-6-15(7-9-27)20-22-11-16(12-23-20)13(2)21(29)24-18-10-17(25-26-18)14-4-5-14/h3,6,10-14H,1,4-5,7-9H2,2H3,(H2,24,25,26,29). The lowest BCUT2D eigenvalue weighted by atomic mass is 10.0. The van der Waals surface area contributed by atoms with E-state index in [2.05, 4.69) is 32.1 Å². The number of hydrogen-bond donors (Lipinski definition) is 2. The summed E-state index contributed by atoms with van der Waals surface area (Å²) >= 11 is 0. The molecule has 0 saturated heterocycles. The number of rotatable bonds is 6. The topological polar surface area (TPSA) is 104 Å². The van der Waals surface area contributed by atoms with Gasteiger partial charge in [-0.25, -0.2) is 9.97 Å². The zero-order chi connectivity index (χ0) is 20.4. The summed E-state index contributed by atoms with van der Waals surface area (Å²) in [7, 11) is 0. The summed E-state index contributed by atoms with van der Waals surface area (Å²) in [6.07, 6.45) is 9.71. The summed E-state index contributed by atoms with van der Waals surface area (Å²) in [5, 5.41) is 10.00. The van der Waals surface area contributed by atoms with Crippen molar-refractivity contribution in [1.29, 1.82) is 0 Å². The molecule has 150 valence electrons. The molecule has 0 radical (unpaired) electrons. The van der Waals surface area contributed by atoms with Gasteiger partial charge >= 0.3 is 0 Å². The average Bonchev–Trinajstić information content (AvgIpc) is 3.52. The molecular weight excluding hydrogens is 368 g/mol. The van der Waals surface area contributed by atoms with Crippen LogP contribution in [0.4, 0.5) is 5.82 Å². The molecule has 0 aromatic carbocycles. The molecule has 29 heavy (non-hydrogen) atoms. The Balaban J connectivity index is 1.37. The molecule has 4 rings (SSSR count). The van der Waals surface area contributed by atoms with Crippen LogP contribution >= 0.6 is 0 Å². The maximum absolute atomic E-state index is 12.5. The van der Waals surface area contributed by atoms with Crippen molar-refractivity contribution in [3.05, 3.63) is 54.3 Å². The Hall–Kier alpha value is -3.29. The van der Waals surface area contributed by atoms with Crippen LogP contribution in [0.2, 0.25) is 0 Å². The summed E-state index contributed by atoms with van der Waals surface area (Å²) in [6.45, 7) is 6.48. The Morgan fingerprint density at radius 1 is 1.34 bits per heavy atom. The number of carbonyl (C=O) groups excluding carboxylic acids is 2. The third kappa shape index (κ3) is 4.26.